The standard InChI is InChI=1S/C33H42ClN5O2/c1-4-23-19-39(29-11-6-12-30(40-3)31(29)34)18-15-33(23)22-38(20-24-9-7-16-35-24)21-28-26(33)13-14-27(37-28)25-10-8-17-36-32(25)41-5-2/h6,8,10-14,17,23-24,35H,4-5,7,9,15-16,18-22H2,1-3H3/t23-,24-,33+/m1/s1. The zero-order valence-corrected chi connectivity index (χ0v) is 25.3. The van der Waals surface area contributed by atoms with Crippen LogP contribution in [-0.4, -0.2) is 67.4 Å². The number of fused-ring (bicyclic) bond motifs is 2. The minimum absolute atomic E-state index is 0.0337. The zero-order valence-electron chi connectivity index (χ0n) is 24.5. The fraction of sp³-hybridized carbons (Fsp3) is 0.515. The first-order valence-electron chi connectivity index (χ1n) is 15.2. The highest BCUT2D eigenvalue weighted by molar-refractivity contribution is 6.34. The SMILES string of the molecule is CCOc1ncccc1-c1ccc2c(n1)CN(C[C@H]1CCCN1)C[C@]21CCN(c2cccc(OC)c2Cl)C[C@H]1CC. The number of anilines is 1. The van der Waals surface area contributed by atoms with Crippen LogP contribution in [0.1, 0.15) is 50.8 Å². The third-order valence-electron chi connectivity index (χ3n) is 9.41. The van der Waals surface area contributed by atoms with Crippen LogP contribution < -0.4 is 19.7 Å². The summed E-state index contributed by atoms with van der Waals surface area (Å²) in [5.74, 6) is 1.84. The van der Waals surface area contributed by atoms with Gasteiger partial charge in [0, 0.05) is 50.4 Å². The number of pyridine rings is 2. The Labute approximate surface area is 249 Å². The molecule has 3 aliphatic rings. The average Bonchev–Trinajstić information content (AvgIpc) is 3.51. The van der Waals surface area contributed by atoms with Gasteiger partial charge in [-0.05, 0) is 74.5 Å². The molecule has 0 saturated carbocycles. The van der Waals surface area contributed by atoms with Crippen LogP contribution in [0.3, 0.4) is 0 Å². The van der Waals surface area contributed by atoms with Crippen LogP contribution >= 0.6 is 11.6 Å². The number of piperidine rings is 1. The molecule has 0 aliphatic carbocycles. The van der Waals surface area contributed by atoms with E-state index in [-0.39, 0.29) is 5.41 Å². The average molecular weight is 576 g/mol. The summed E-state index contributed by atoms with van der Waals surface area (Å²) in [5, 5.41) is 4.43. The summed E-state index contributed by atoms with van der Waals surface area (Å²) in [6.45, 7) is 10.9. The molecule has 3 aliphatic heterocycles. The summed E-state index contributed by atoms with van der Waals surface area (Å²) in [6, 6.07) is 15.2. The molecule has 1 spiro atoms. The molecule has 2 aromatic heterocycles. The largest absolute Gasteiger partial charge is 0.495 e. The summed E-state index contributed by atoms with van der Waals surface area (Å²) in [6.07, 6.45) is 6.44. The molecule has 0 radical (unpaired) electrons. The van der Waals surface area contributed by atoms with Crippen molar-refractivity contribution < 1.29 is 9.47 Å². The van der Waals surface area contributed by atoms with E-state index >= 15 is 0 Å². The summed E-state index contributed by atoms with van der Waals surface area (Å²) >= 11 is 6.81. The Kier molecular flexibility index (Phi) is 8.38. The van der Waals surface area contributed by atoms with Crippen molar-refractivity contribution in [2.45, 2.75) is 57.5 Å². The number of ether oxygens (including phenoxy) is 2. The van der Waals surface area contributed by atoms with E-state index in [4.69, 9.17) is 26.1 Å². The smallest absolute Gasteiger partial charge is 0.222 e. The minimum atomic E-state index is 0.0337. The molecule has 2 fully saturated rings. The van der Waals surface area contributed by atoms with Gasteiger partial charge in [-0.25, -0.2) is 4.98 Å². The lowest BCUT2D eigenvalue weighted by Crippen LogP contribution is -2.58. The number of methoxy groups -OCH3 is 1. The Hall–Kier alpha value is -2.87. The van der Waals surface area contributed by atoms with E-state index in [1.807, 2.05) is 25.1 Å². The molecule has 5 heterocycles. The Bertz CT molecular complexity index is 1360. The quantitative estimate of drug-likeness (QED) is 0.356. The molecule has 7 nitrogen and oxygen atoms in total. The van der Waals surface area contributed by atoms with E-state index in [9.17, 15) is 0 Å². The van der Waals surface area contributed by atoms with E-state index in [0.717, 1.165) is 74.8 Å². The summed E-state index contributed by atoms with van der Waals surface area (Å²) in [5.41, 5.74) is 5.61. The van der Waals surface area contributed by atoms with Crippen LogP contribution in [-0.2, 0) is 12.0 Å². The molecule has 1 N–H and O–H groups in total. The monoisotopic (exact) mass is 575 g/mol. The summed E-state index contributed by atoms with van der Waals surface area (Å²) in [4.78, 5) is 15.0. The van der Waals surface area contributed by atoms with Gasteiger partial charge < -0.3 is 19.7 Å². The second-order valence-electron chi connectivity index (χ2n) is 11.7. The van der Waals surface area contributed by atoms with Gasteiger partial charge in [-0.3, -0.25) is 9.88 Å². The van der Waals surface area contributed by atoms with E-state index in [1.54, 1.807) is 13.3 Å². The van der Waals surface area contributed by atoms with Gasteiger partial charge in [-0.1, -0.05) is 37.1 Å². The van der Waals surface area contributed by atoms with Crippen LogP contribution in [0, 0.1) is 5.92 Å². The van der Waals surface area contributed by atoms with Gasteiger partial charge in [-0.15, -0.1) is 0 Å². The Morgan fingerprint density at radius 3 is 2.83 bits per heavy atom. The van der Waals surface area contributed by atoms with E-state index in [0.29, 0.717) is 29.5 Å². The first kappa shape index (κ1) is 28.3. The maximum atomic E-state index is 6.81. The maximum Gasteiger partial charge on any atom is 0.222 e. The highest BCUT2D eigenvalue weighted by atomic mass is 35.5. The van der Waals surface area contributed by atoms with Crippen molar-refractivity contribution in [1.82, 2.24) is 20.2 Å². The fourth-order valence-corrected chi connectivity index (χ4v) is 7.76. The molecule has 0 amide bonds. The topological polar surface area (TPSA) is 62.8 Å². The third kappa shape index (κ3) is 5.40. The third-order valence-corrected chi connectivity index (χ3v) is 9.79. The van der Waals surface area contributed by atoms with Gasteiger partial charge in [0.05, 0.1) is 36.4 Å². The number of nitrogens with zero attached hydrogens (tertiary/aromatic N) is 4. The van der Waals surface area contributed by atoms with Gasteiger partial charge in [0.25, 0.3) is 0 Å². The Morgan fingerprint density at radius 2 is 2.05 bits per heavy atom. The van der Waals surface area contributed by atoms with Crippen LogP contribution in [0.25, 0.3) is 11.3 Å². The number of rotatable bonds is 8. The molecule has 2 saturated heterocycles. The number of aromatic nitrogens is 2. The number of hydrogen-bond acceptors (Lipinski definition) is 7. The highest BCUT2D eigenvalue weighted by Crippen LogP contribution is 2.48. The lowest BCUT2D eigenvalue weighted by Gasteiger charge is -2.53. The molecule has 218 valence electrons. The molecular formula is C33H42ClN5O2. The number of nitrogens with one attached hydrogen (secondary N) is 1. The minimum Gasteiger partial charge on any atom is -0.495 e. The van der Waals surface area contributed by atoms with Crippen LogP contribution in [0.4, 0.5) is 5.69 Å². The number of benzene rings is 1. The summed E-state index contributed by atoms with van der Waals surface area (Å²) in [7, 11) is 1.68. The molecule has 0 bridgehead atoms. The van der Waals surface area contributed by atoms with Crippen LogP contribution in [0.2, 0.25) is 5.02 Å². The molecule has 0 unspecified atom stereocenters. The first-order chi connectivity index (χ1) is 20.1. The van der Waals surface area contributed by atoms with Crippen molar-refractivity contribution in [3.05, 3.63) is 64.9 Å². The molecule has 3 aromatic rings. The predicted molar refractivity (Wildman–Crippen MR) is 165 cm³/mol. The molecule has 8 heteroatoms. The van der Waals surface area contributed by atoms with Gasteiger partial charge in [0.1, 0.15) is 10.8 Å². The van der Waals surface area contributed by atoms with Crippen molar-refractivity contribution in [2.24, 2.45) is 5.92 Å². The van der Waals surface area contributed by atoms with Crippen molar-refractivity contribution in [2.75, 3.05) is 51.3 Å². The predicted octanol–water partition coefficient (Wildman–Crippen LogP) is 5.95. The molecule has 41 heavy (non-hydrogen) atoms. The molecule has 1 aromatic carbocycles. The molecule has 6 rings (SSSR count). The normalized spacial score (nSPS) is 24.4. The highest BCUT2D eigenvalue weighted by Gasteiger charge is 2.48. The zero-order chi connectivity index (χ0) is 28.4. The summed E-state index contributed by atoms with van der Waals surface area (Å²) < 4.78 is 11.4. The van der Waals surface area contributed by atoms with Crippen molar-refractivity contribution in [1.29, 1.82) is 0 Å². The van der Waals surface area contributed by atoms with E-state index in [1.165, 1.54) is 24.1 Å². The van der Waals surface area contributed by atoms with E-state index < -0.39 is 0 Å². The van der Waals surface area contributed by atoms with Gasteiger partial charge in [0.2, 0.25) is 5.88 Å². The van der Waals surface area contributed by atoms with Crippen molar-refractivity contribution in [3.63, 3.8) is 0 Å². The molecule has 3 atom stereocenters. The maximum absolute atomic E-state index is 6.81. The Balaban J connectivity index is 1.37. The first-order valence-corrected chi connectivity index (χ1v) is 15.6. The second-order valence-corrected chi connectivity index (χ2v) is 12.1. The van der Waals surface area contributed by atoms with Gasteiger partial charge >= 0.3 is 0 Å². The van der Waals surface area contributed by atoms with Crippen LogP contribution in [0.15, 0.2) is 48.7 Å². The lowest BCUT2D eigenvalue weighted by atomic mass is 9.62. The number of hydrogen-bond donors (Lipinski definition) is 1. The Morgan fingerprint density at radius 1 is 1.15 bits per heavy atom. The number of halogens is 1. The van der Waals surface area contributed by atoms with Crippen molar-refractivity contribution >= 4 is 17.3 Å². The fourth-order valence-electron chi connectivity index (χ4n) is 7.44. The van der Waals surface area contributed by atoms with Gasteiger partial charge in [-0.2, -0.15) is 0 Å². The van der Waals surface area contributed by atoms with E-state index in [2.05, 4.69) is 51.3 Å². The van der Waals surface area contributed by atoms with Crippen molar-refractivity contribution in [3.8, 4) is 22.9 Å². The van der Waals surface area contributed by atoms with Crippen LogP contribution in [0.5, 0.6) is 11.6 Å². The van der Waals surface area contributed by atoms with Gasteiger partial charge in [0.15, 0.2) is 0 Å². The lowest BCUT2D eigenvalue weighted by molar-refractivity contribution is 0.0968. The second kappa shape index (κ2) is 12.2. The molecular weight excluding hydrogens is 534 g/mol.